The van der Waals surface area contributed by atoms with Crippen LogP contribution in [0.3, 0.4) is 0 Å². The molecule has 1 aromatic heterocycles. The second kappa shape index (κ2) is 6.42. The normalized spacial score (nSPS) is 11.7. The van der Waals surface area contributed by atoms with Crippen LogP contribution in [0.1, 0.15) is 10.6 Å². The Morgan fingerprint density at radius 2 is 1.78 bits per heavy atom. The van der Waals surface area contributed by atoms with Crippen LogP contribution >= 0.6 is 11.3 Å². The van der Waals surface area contributed by atoms with Crippen LogP contribution in [0, 0.1) is 17.1 Å². The highest BCUT2D eigenvalue weighted by molar-refractivity contribution is 7.11. The van der Waals surface area contributed by atoms with Gasteiger partial charge >= 0.3 is 0 Å². The molecule has 0 amide bonds. The molecule has 3 rings (SSSR count). The van der Waals surface area contributed by atoms with Crippen molar-refractivity contribution in [3.05, 3.63) is 76.4 Å². The van der Waals surface area contributed by atoms with Crippen molar-refractivity contribution in [1.29, 1.82) is 5.26 Å². The molecule has 0 unspecified atom stereocenters. The molecule has 3 aromatic rings. The molecule has 0 atom stereocenters. The van der Waals surface area contributed by atoms with Gasteiger partial charge in [0.25, 0.3) is 0 Å². The molecule has 23 heavy (non-hydrogen) atoms. The van der Waals surface area contributed by atoms with Crippen molar-refractivity contribution < 1.29 is 9.50 Å². The van der Waals surface area contributed by atoms with Gasteiger partial charge in [0.05, 0.1) is 11.3 Å². The van der Waals surface area contributed by atoms with Crippen LogP contribution in [-0.4, -0.2) is 10.1 Å². The van der Waals surface area contributed by atoms with Crippen molar-refractivity contribution >= 4 is 22.7 Å². The van der Waals surface area contributed by atoms with Crippen molar-refractivity contribution in [2.24, 2.45) is 0 Å². The third-order valence-electron chi connectivity index (χ3n) is 3.27. The SMILES string of the molecule is N#CC(=C(O)c1ccccc1F)c1nc(-c2ccccc2)cs1. The summed E-state index contributed by atoms with van der Waals surface area (Å²) in [5.74, 6) is -0.989. The topological polar surface area (TPSA) is 56.9 Å². The first-order chi connectivity index (χ1) is 11.2. The molecule has 1 N–H and O–H groups in total. The molecule has 0 fully saturated rings. The summed E-state index contributed by atoms with van der Waals surface area (Å²) >= 11 is 1.23. The summed E-state index contributed by atoms with van der Waals surface area (Å²) < 4.78 is 13.8. The standard InChI is InChI=1S/C18H11FN2OS/c19-15-9-5-4-8-13(15)17(22)14(10-20)18-21-16(11-23-18)12-6-2-1-3-7-12/h1-9,11,22H. The predicted octanol–water partition coefficient (Wildman–Crippen LogP) is 4.90. The molecule has 5 heteroatoms. The fourth-order valence-electron chi connectivity index (χ4n) is 2.12. The van der Waals surface area contributed by atoms with E-state index in [1.54, 1.807) is 11.4 Å². The Kier molecular flexibility index (Phi) is 4.18. The van der Waals surface area contributed by atoms with Crippen molar-refractivity contribution in [2.75, 3.05) is 0 Å². The molecule has 2 aromatic carbocycles. The van der Waals surface area contributed by atoms with Gasteiger partial charge in [-0.1, -0.05) is 42.5 Å². The van der Waals surface area contributed by atoms with Crippen LogP contribution in [0.4, 0.5) is 4.39 Å². The second-order valence-electron chi connectivity index (χ2n) is 4.72. The Morgan fingerprint density at radius 3 is 2.48 bits per heavy atom. The van der Waals surface area contributed by atoms with Crippen LogP contribution in [-0.2, 0) is 0 Å². The van der Waals surface area contributed by atoms with E-state index in [-0.39, 0.29) is 11.1 Å². The summed E-state index contributed by atoms with van der Waals surface area (Å²) in [4.78, 5) is 4.38. The van der Waals surface area contributed by atoms with Crippen LogP contribution in [0.25, 0.3) is 22.6 Å². The number of aliphatic hydroxyl groups excluding tert-OH is 1. The monoisotopic (exact) mass is 322 g/mol. The number of hydrogen-bond donors (Lipinski definition) is 1. The van der Waals surface area contributed by atoms with E-state index in [1.165, 1.54) is 29.5 Å². The van der Waals surface area contributed by atoms with Crippen LogP contribution in [0.5, 0.6) is 0 Å². The van der Waals surface area contributed by atoms with Gasteiger partial charge in [-0.2, -0.15) is 5.26 Å². The molecule has 0 saturated carbocycles. The van der Waals surface area contributed by atoms with Crippen LogP contribution < -0.4 is 0 Å². The van der Waals surface area contributed by atoms with E-state index in [2.05, 4.69) is 4.98 Å². The third kappa shape index (κ3) is 2.98. The van der Waals surface area contributed by atoms with E-state index >= 15 is 0 Å². The van der Waals surface area contributed by atoms with E-state index < -0.39 is 11.6 Å². The maximum absolute atomic E-state index is 13.8. The first-order valence-electron chi connectivity index (χ1n) is 6.80. The van der Waals surface area contributed by atoms with Gasteiger partial charge in [-0.05, 0) is 12.1 Å². The molecule has 0 aliphatic heterocycles. The summed E-state index contributed by atoms with van der Waals surface area (Å²) in [6.07, 6.45) is 0. The van der Waals surface area contributed by atoms with E-state index in [0.717, 1.165) is 5.56 Å². The van der Waals surface area contributed by atoms with Gasteiger partial charge in [0, 0.05) is 10.9 Å². The summed E-state index contributed by atoms with van der Waals surface area (Å²) in [6.45, 7) is 0. The molecule has 0 aliphatic carbocycles. The highest BCUT2D eigenvalue weighted by atomic mass is 32.1. The highest BCUT2D eigenvalue weighted by Crippen LogP contribution is 2.30. The number of benzene rings is 2. The van der Waals surface area contributed by atoms with E-state index in [1.807, 2.05) is 36.4 Å². The molecule has 1 heterocycles. The van der Waals surface area contributed by atoms with Gasteiger partial charge < -0.3 is 5.11 Å². The number of aromatic nitrogens is 1. The summed E-state index contributed by atoms with van der Waals surface area (Å²) in [5, 5.41) is 21.8. The first-order valence-corrected chi connectivity index (χ1v) is 7.68. The Balaban J connectivity index is 2.06. The average Bonchev–Trinajstić information content (AvgIpc) is 3.06. The molecule has 3 nitrogen and oxygen atoms in total. The number of aliphatic hydroxyl groups is 1. The Labute approximate surface area is 136 Å². The number of rotatable bonds is 3. The van der Waals surface area contributed by atoms with Gasteiger partial charge in [0.2, 0.25) is 0 Å². The molecule has 0 aliphatic rings. The Bertz CT molecular complexity index is 910. The van der Waals surface area contributed by atoms with Crippen molar-refractivity contribution in [3.63, 3.8) is 0 Å². The lowest BCUT2D eigenvalue weighted by Gasteiger charge is -2.03. The first kappa shape index (κ1) is 14.9. The van der Waals surface area contributed by atoms with Gasteiger partial charge in [-0.3, -0.25) is 0 Å². The summed E-state index contributed by atoms with van der Waals surface area (Å²) in [7, 11) is 0. The quantitative estimate of drug-likeness (QED) is 0.551. The largest absolute Gasteiger partial charge is 0.506 e. The smallest absolute Gasteiger partial charge is 0.146 e. The second-order valence-corrected chi connectivity index (χ2v) is 5.58. The van der Waals surface area contributed by atoms with Gasteiger partial charge in [-0.25, -0.2) is 9.37 Å². The van der Waals surface area contributed by atoms with E-state index in [9.17, 15) is 14.8 Å². The lowest BCUT2D eigenvalue weighted by molar-refractivity contribution is 0.504. The highest BCUT2D eigenvalue weighted by Gasteiger charge is 2.17. The molecule has 0 bridgehead atoms. The lowest BCUT2D eigenvalue weighted by Crippen LogP contribution is -1.93. The minimum atomic E-state index is -0.586. The molecule has 0 saturated heterocycles. The zero-order valence-corrected chi connectivity index (χ0v) is 12.7. The van der Waals surface area contributed by atoms with E-state index in [0.29, 0.717) is 10.7 Å². The average molecular weight is 322 g/mol. The third-order valence-corrected chi connectivity index (χ3v) is 4.12. The van der Waals surface area contributed by atoms with Gasteiger partial charge in [0.15, 0.2) is 0 Å². The van der Waals surface area contributed by atoms with E-state index in [4.69, 9.17) is 0 Å². The maximum atomic E-state index is 13.8. The zero-order valence-electron chi connectivity index (χ0n) is 11.9. The van der Waals surface area contributed by atoms with Gasteiger partial charge in [-0.15, -0.1) is 11.3 Å². The number of hydrogen-bond acceptors (Lipinski definition) is 4. The van der Waals surface area contributed by atoms with Crippen molar-refractivity contribution in [1.82, 2.24) is 4.98 Å². The number of thiazole rings is 1. The zero-order chi connectivity index (χ0) is 16.2. The Morgan fingerprint density at radius 1 is 1.09 bits per heavy atom. The van der Waals surface area contributed by atoms with Crippen LogP contribution in [0.2, 0.25) is 0 Å². The number of allylic oxidation sites excluding steroid dienone is 1. The fraction of sp³-hybridized carbons (Fsp3) is 0. The Hall–Kier alpha value is -2.97. The molecule has 0 radical (unpaired) electrons. The number of nitriles is 1. The minimum absolute atomic E-state index is 0.0134. The molecule has 112 valence electrons. The molecular weight excluding hydrogens is 311 g/mol. The lowest BCUT2D eigenvalue weighted by atomic mass is 10.1. The minimum Gasteiger partial charge on any atom is -0.506 e. The van der Waals surface area contributed by atoms with Crippen LogP contribution in [0.15, 0.2) is 60.0 Å². The predicted molar refractivity (Wildman–Crippen MR) is 89.0 cm³/mol. The van der Waals surface area contributed by atoms with Gasteiger partial charge in [0.1, 0.15) is 28.2 Å². The fourth-order valence-corrected chi connectivity index (χ4v) is 2.94. The van der Waals surface area contributed by atoms with Crippen molar-refractivity contribution in [2.45, 2.75) is 0 Å². The maximum Gasteiger partial charge on any atom is 0.146 e. The summed E-state index contributed by atoms with van der Waals surface area (Å²) in [5.41, 5.74) is 1.57. The molecule has 0 spiro atoms. The number of nitrogens with zero attached hydrogens (tertiary/aromatic N) is 2. The number of halogens is 1. The van der Waals surface area contributed by atoms with Crippen molar-refractivity contribution in [3.8, 4) is 17.3 Å². The summed E-state index contributed by atoms with van der Waals surface area (Å²) in [6, 6.07) is 17.2. The molecular formula is C18H11FN2OS.